The summed E-state index contributed by atoms with van der Waals surface area (Å²) >= 11 is 7.86. The number of hydrogen-bond donors (Lipinski definition) is 0. The molecule has 1 nitrogen and oxygen atoms in total. The zero-order valence-electron chi connectivity index (χ0n) is 12.0. The summed E-state index contributed by atoms with van der Waals surface area (Å²) in [5.41, 5.74) is 0. The molecule has 3 heteroatoms. The van der Waals surface area contributed by atoms with Crippen LogP contribution < -0.4 is 0 Å². The van der Waals surface area contributed by atoms with Gasteiger partial charge in [-0.05, 0) is 55.4 Å². The lowest BCUT2D eigenvalue weighted by molar-refractivity contribution is 0.410. The predicted octanol–water partition coefficient (Wildman–Crippen LogP) is 4.67. The van der Waals surface area contributed by atoms with Crippen molar-refractivity contribution in [1.29, 1.82) is 0 Å². The molecule has 0 aromatic heterocycles. The van der Waals surface area contributed by atoms with E-state index in [0.29, 0.717) is 0 Å². The number of benzene rings is 2. The highest BCUT2D eigenvalue weighted by atomic mass is 35.5. The monoisotopic (exact) mass is 305 g/mol. The lowest BCUT2D eigenvalue weighted by Crippen LogP contribution is -2.13. The first-order valence-corrected chi connectivity index (χ1v) is 8.15. The van der Waals surface area contributed by atoms with E-state index in [2.05, 4.69) is 49.3 Å². The van der Waals surface area contributed by atoms with E-state index in [1.54, 1.807) is 0 Å². The van der Waals surface area contributed by atoms with Crippen molar-refractivity contribution in [2.75, 3.05) is 26.4 Å². The van der Waals surface area contributed by atoms with E-state index in [4.69, 9.17) is 11.6 Å². The molecule has 3 rings (SSSR count). The number of nitrogens with zero attached hydrogens (tertiary/aromatic N) is 1. The largest absolute Gasteiger partial charge is 0.309 e. The second-order valence-corrected chi connectivity index (χ2v) is 6.56. The molecular weight excluding hydrogens is 286 g/mol. The van der Waals surface area contributed by atoms with Gasteiger partial charge < -0.3 is 4.90 Å². The van der Waals surface area contributed by atoms with Gasteiger partial charge in [-0.2, -0.15) is 0 Å². The molecule has 2 aliphatic carbocycles. The molecule has 0 bridgehead atoms. The first kappa shape index (κ1) is 15.4. The first-order chi connectivity index (χ1) is 9.66. The molecule has 1 aromatic rings. The Morgan fingerprint density at radius 3 is 2.00 bits per heavy atom. The summed E-state index contributed by atoms with van der Waals surface area (Å²) in [6.07, 6.45) is 1.20. The van der Waals surface area contributed by atoms with E-state index in [0.717, 1.165) is 17.3 Å². The Morgan fingerprint density at radius 2 is 1.55 bits per heavy atom. The Morgan fingerprint density at radius 1 is 0.950 bits per heavy atom. The highest BCUT2D eigenvalue weighted by molar-refractivity contribution is 7.99. The fourth-order valence-corrected chi connectivity index (χ4v) is 2.96. The molecule has 0 amide bonds. The summed E-state index contributed by atoms with van der Waals surface area (Å²) in [6, 6.07) is 16.5. The van der Waals surface area contributed by atoms with Gasteiger partial charge in [0.1, 0.15) is 0 Å². The predicted molar refractivity (Wildman–Crippen MR) is 89.5 cm³/mol. The van der Waals surface area contributed by atoms with Crippen LogP contribution >= 0.6 is 23.4 Å². The van der Waals surface area contributed by atoms with Crippen LogP contribution in [0.5, 0.6) is 0 Å². The lowest BCUT2D eigenvalue weighted by Gasteiger charge is -2.08. The van der Waals surface area contributed by atoms with Crippen molar-refractivity contribution in [1.82, 2.24) is 4.90 Å². The summed E-state index contributed by atoms with van der Waals surface area (Å²) in [4.78, 5) is 3.39. The van der Waals surface area contributed by atoms with E-state index >= 15 is 0 Å². The van der Waals surface area contributed by atoms with Gasteiger partial charge >= 0.3 is 0 Å². The number of thioether (sulfide) groups is 1. The van der Waals surface area contributed by atoms with Gasteiger partial charge in [0, 0.05) is 4.90 Å². The highest BCUT2D eigenvalue weighted by Crippen LogP contribution is 2.26. The zero-order chi connectivity index (χ0) is 14.4. The van der Waals surface area contributed by atoms with E-state index in [1.807, 2.05) is 30.0 Å². The van der Waals surface area contributed by atoms with Gasteiger partial charge in [-0.25, -0.2) is 0 Å². The van der Waals surface area contributed by atoms with Crippen LogP contribution in [-0.2, 0) is 0 Å². The molecular formula is C17H20ClNS. The molecule has 0 fully saturated rings. The minimum atomic E-state index is 0.863. The molecule has 0 unspecified atom stereocenters. The fraction of sp³-hybridized carbons (Fsp3) is 0.294. The van der Waals surface area contributed by atoms with Crippen molar-refractivity contribution in [3.8, 4) is 0 Å². The fourth-order valence-electron chi connectivity index (χ4n) is 1.79. The van der Waals surface area contributed by atoms with Crippen LogP contribution in [0.25, 0.3) is 0 Å². The molecule has 0 saturated heterocycles. The molecule has 20 heavy (non-hydrogen) atoms. The smallest absolute Gasteiger partial charge is 0.0541 e. The van der Waals surface area contributed by atoms with E-state index < -0.39 is 0 Å². The molecule has 106 valence electrons. The topological polar surface area (TPSA) is 3.24 Å². The Labute approximate surface area is 130 Å². The van der Waals surface area contributed by atoms with Crippen LogP contribution in [0.1, 0.15) is 6.42 Å². The van der Waals surface area contributed by atoms with Gasteiger partial charge in [-0.3, -0.25) is 0 Å². The molecule has 0 atom stereocenters. The third kappa shape index (κ3) is 4.55. The van der Waals surface area contributed by atoms with Crippen LogP contribution in [0, 0.1) is 10.4 Å². The first-order valence-electron chi connectivity index (χ1n) is 6.79. The average molecular weight is 306 g/mol. The molecule has 2 aliphatic rings. The third-order valence-corrected chi connectivity index (χ3v) is 4.66. The van der Waals surface area contributed by atoms with E-state index in [1.165, 1.54) is 21.8 Å². The second-order valence-electron chi connectivity index (χ2n) is 5.01. The molecule has 0 radical (unpaired) electrons. The minimum Gasteiger partial charge on any atom is -0.309 e. The maximum absolute atomic E-state index is 6.03. The van der Waals surface area contributed by atoms with E-state index in [9.17, 15) is 0 Å². The molecule has 0 N–H and O–H groups in total. The van der Waals surface area contributed by atoms with Gasteiger partial charge in [0.15, 0.2) is 0 Å². The molecule has 0 saturated carbocycles. The summed E-state index contributed by atoms with van der Waals surface area (Å²) in [5.74, 6) is 1.13. The Hall–Kier alpha value is -0.960. The molecule has 0 aliphatic heterocycles. The maximum atomic E-state index is 6.03. The standard InChI is InChI=1S/C11H16ClNS.C6H4/c1-13(2)8-5-9-14-11-7-4-3-6-10(11)12;1-2-6-4-3-5(1)6/h3-4,6-7H,5,8-9H2,1-2H3;1-4H. The average Bonchev–Trinajstić information content (AvgIpc) is 2.41. The van der Waals surface area contributed by atoms with Crippen LogP contribution in [0.2, 0.25) is 5.02 Å². The Kier molecular flexibility index (Phi) is 5.96. The molecule has 1 aromatic carbocycles. The van der Waals surface area contributed by atoms with Crippen LogP contribution in [0.15, 0.2) is 53.4 Å². The summed E-state index contributed by atoms with van der Waals surface area (Å²) in [5, 5.41) is 3.72. The number of hydrogen-bond acceptors (Lipinski definition) is 2. The Balaban J connectivity index is 0.000000198. The quantitative estimate of drug-likeness (QED) is 0.498. The second kappa shape index (κ2) is 7.72. The van der Waals surface area contributed by atoms with Crippen LogP contribution in [-0.4, -0.2) is 31.3 Å². The number of halogens is 1. The van der Waals surface area contributed by atoms with Crippen molar-refractivity contribution in [3.63, 3.8) is 0 Å². The van der Waals surface area contributed by atoms with Gasteiger partial charge in [-0.1, -0.05) is 48.0 Å². The third-order valence-electron chi connectivity index (χ3n) is 3.06. The Bertz CT molecular complexity index is 589. The lowest BCUT2D eigenvalue weighted by atomic mass is 10.1. The van der Waals surface area contributed by atoms with Crippen LogP contribution in [0.3, 0.4) is 0 Å². The van der Waals surface area contributed by atoms with Crippen molar-refractivity contribution in [2.45, 2.75) is 11.3 Å². The van der Waals surface area contributed by atoms with Crippen molar-refractivity contribution < 1.29 is 0 Å². The maximum Gasteiger partial charge on any atom is 0.0541 e. The summed E-state index contributed by atoms with van der Waals surface area (Å²) < 4.78 is 0. The van der Waals surface area contributed by atoms with Gasteiger partial charge in [-0.15, -0.1) is 11.8 Å². The molecule has 0 spiro atoms. The normalized spacial score (nSPS) is 11.0. The van der Waals surface area contributed by atoms with Crippen LogP contribution in [0.4, 0.5) is 0 Å². The summed E-state index contributed by atoms with van der Waals surface area (Å²) in [7, 11) is 4.19. The van der Waals surface area contributed by atoms with Crippen molar-refractivity contribution >= 4 is 23.4 Å². The molecule has 0 heterocycles. The van der Waals surface area contributed by atoms with Crippen molar-refractivity contribution in [2.24, 2.45) is 0 Å². The summed E-state index contributed by atoms with van der Waals surface area (Å²) in [6.45, 7) is 1.14. The highest BCUT2D eigenvalue weighted by Gasteiger charge is 1.99. The minimum absolute atomic E-state index is 0.863. The van der Waals surface area contributed by atoms with Gasteiger partial charge in [0.05, 0.1) is 5.02 Å². The van der Waals surface area contributed by atoms with E-state index in [-0.39, 0.29) is 0 Å². The van der Waals surface area contributed by atoms with Gasteiger partial charge in [0.2, 0.25) is 0 Å². The van der Waals surface area contributed by atoms with Crippen molar-refractivity contribution in [3.05, 3.63) is 64.0 Å². The SMILES string of the molecule is CN(C)CCCSc1ccccc1Cl.c1cc2ccc1=2. The zero-order valence-corrected chi connectivity index (χ0v) is 13.5. The number of rotatable bonds is 5. The van der Waals surface area contributed by atoms with Gasteiger partial charge in [0.25, 0.3) is 0 Å².